The van der Waals surface area contributed by atoms with Gasteiger partial charge >= 0.3 is 6.18 Å². The zero-order chi connectivity index (χ0) is 23.1. The second-order valence-corrected chi connectivity index (χ2v) is 9.29. The lowest BCUT2D eigenvalue weighted by atomic mass is 10.1. The number of carbonyl (C=O) groups excluding carboxylic acids is 1. The van der Waals surface area contributed by atoms with Gasteiger partial charge in [0.2, 0.25) is 15.9 Å². The molecule has 1 aliphatic heterocycles. The third kappa shape index (κ3) is 4.48. The van der Waals surface area contributed by atoms with Gasteiger partial charge in [-0.2, -0.15) is 17.5 Å². The Bertz CT molecular complexity index is 1120. The summed E-state index contributed by atoms with van der Waals surface area (Å²) < 4.78 is 80.9. The summed E-state index contributed by atoms with van der Waals surface area (Å²) in [7, 11) is -4.16. The van der Waals surface area contributed by atoms with Crippen LogP contribution in [0.1, 0.15) is 22.8 Å². The number of nitrogens with zero attached hydrogens (tertiary/aromatic N) is 2. The predicted molar refractivity (Wildman–Crippen MR) is 107 cm³/mol. The van der Waals surface area contributed by atoms with Crippen LogP contribution in [0.25, 0.3) is 0 Å². The lowest BCUT2D eigenvalue weighted by Gasteiger charge is -2.41. The molecule has 2 aromatic carbocycles. The highest BCUT2D eigenvalue weighted by Crippen LogP contribution is 2.38. The van der Waals surface area contributed by atoms with E-state index in [1.165, 1.54) is 30.0 Å². The normalized spacial score (nSPS) is 18.3. The average molecular weight is 480 g/mol. The zero-order valence-electron chi connectivity index (χ0n) is 16.2. The number of benzene rings is 2. The fourth-order valence-electron chi connectivity index (χ4n) is 3.55. The molecule has 0 radical (unpaired) electrons. The molecule has 0 unspecified atom stereocenters. The molecule has 1 saturated heterocycles. The van der Waals surface area contributed by atoms with Gasteiger partial charge in [-0.1, -0.05) is 17.7 Å². The first kappa shape index (κ1) is 23.3. The average Bonchev–Trinajstić information content (AvgIpc) is 2.66. The van der Waals surface area contributed by atoms with Crippen molar-refractivity contribution in [3.05, 3.63) is 58.4 Å². The number of hydrogen-bond acceptors (Lipinski definition) is 4. The Morgan fingerprint density at radius 2 is 1.87 bits per heavy atom. The number of rotatable bonds is 4. The van der Waals surface area contributed by atoms with E-state index in [1.807, 2.05) is 0 Å². The largest absolute Gasteiger partial charge is 0.418 e. The number of primary amides is 1. The molecule has 31 heavy (non-hydrogen) atoms. The SMILES string of the molecule is C[C@@H]1CN(c2ccc(F)cc2C(F)(F)F)CCN1S(=O)(=O)c1cccc(C(N)=O)c1Cl. The first-order chi connectivity index (χ1) is 14.3. The molecule has 12 heteroatoms. The van der Waals surface area contributed by atoms with E-state index in [2.05, 4.69) is 0 Å². The number of halogens is 5. The van der Waals surface area contributed by atoms with Crippen molar-refractivity contribution in [2.75, 3.05) is 24.5 Å². The summed E-state index contributed by atoms with van der Waals surface area (Å²) in [4.78, 5) is 12.5. The number of piperazine rings is 1. The molecule has 1 atom stereocenters. The zero-order valence-corrected chi connectivity index (χ0v) is 17.7. The maximum absolute atomic E-state index is 13.4. The summed E-state index contributed by atoms with van der Waals surface area (Å²) in [5, 5.41) is -0.317. The molecule has 0 bridgehead atoms. The Hall–Kier alpha value is -2.37. The first-order valence-corrected chi connectivity index (χ1v) is 10.9. The first-order valence-electron chi connectivity index (χ1n) is 9.06. The van der Waals surface area contributed by atoms with Crippen molar-refractivity contribution in [3.63, 3.8) is 0 Å². The van der Waals surface area contributed by atoms with Gasteiger partial charge in [-0.15, -0.1) is 0 Å². The van der Waals surface area contributed by atoms with Gasteiger partial charge in [0, 0.05) is 31.4 Å². The maximum Gasteiger partial charge on any atom is 0.418 e. The monoisotopic (exact) mass is 479 g/mol. The van der Waals surface area contributed by atoms with Crippen LogP contribution in [-0.2, 0) is 16.2 Å². The highest BCUT2D eigenvalue weighted by Gasteiger charge is 2.39. The predicted octanol–water partition coefficient (Wildman–Crippen LogP) is 3.50. The van der Waals surface area contributed by atoms with E-state index in [1.54, 1.807) is 0 Å². The van der Waals surface area contributed by atoms with Crippen LogP contribution in [0.15, 0.2) is 41.3 Å². The van der Waals surface area contributed by atoms with Gasteiger partial charge in [0.05, 0.1) is 16.1 Å². The Morgan fingerprint density at radius 3 is 2.45 bits per heavy atom. The number of hydrogen-bond donors (Lipinski definition) is 1. The quantitative estimate of drug-likeness (QED) is 0.680. The third-order valence-electron chi connectivity index (χ3n) is 4.99. The molecule has 1 heterocycles. The van der Waals surface area contributed by atoms with E-state index in [0.717, 1.165) is 16.4 Å². The summed E-state index contributed by atoms with van der Waals surface area (Å²) in [6.45, 7) is 1.26. The molecule has 1 fully saturated rings. The van der Waals surface area contributed by atoms with Crippen LogP contribution in [0, 0.1) is 5.82 Å². The molecule has 2 N–H and O–H groups in total. The molecule has 0 aliphatic carbocycles. The summed E-state index contributed by atoms with van der Waals surface area (Å²) in [6, 6.07) is 5.48. The number of alkyl halides is 3. The summed E-state index contributed by atoms with van der Waals surface area (Å²) in [5.41, 5.74) is 3.70. The van der Waals surface area contributed by atoms with Crippen molar-refractivity contribution < 1.29 is 30.8 Å². The van der Waals surface area contributed by atoms with Crippen LogP contribution < -0.4 is 10.6 Å². The summed E-state index contributed by atoms with van der Waals surface area (Å²) in [6.07, 6.45) is -4.77. The van der Waals surface area contributed by atoms with Crippen LogP contribution >= 0.6 is 11.6 Å². The Morgan fingerprint density at radius 1 is 1.19 bits per heavy atom. The molecule has 6 nitrogen and oxygen atoms in total. The molecule has 1 aliphatic rings. The minimum Gasteiger partial charge on any atom is -0.368 e. The minimum absolute atomic E-state index is 0.0641. The topological polar surface area (TPSA) is 83.7 Å². The Kier molecular flexibility index (Phi) is 6.23. The molecule has 168 valence electrons. The van der Waals surface area contributed by atoms with Gasteiger partial charge in [-0.25, -0.2) is 12.8 Å². The van der Waals surface area contributed by atoms with E-state index in [4.69, 9.17) is 17.3 Å². The summed E-state index contributed by atoms with van der Waals surface area (Å²) >= 11 is 6.09. The molecule has 0 aromatic heterocycles. The van der Waals surface area contributed by atoms with E-state index in [-0.39, 0.29) is 40.8 Å². The van der Waals surface area contributed by atoms with Crippen molar-refractivity contribution in [3.8, 4) is 0 Å². The summed E-state index contributed by atoms with van der Waals surface area (Å²) in [5.74, 6) is -1.91. The van der Waals surface area contributed by atoms with Crippen molar-refractivity contribution in [1.82, 2.24) is 4.31 Å². The number of amides is 1. The maximum atomic E-state index is 13.4. The minimum atomic E-state index is -4.77. The molecule has 0 spiro atoms. The molecule has 3 rings (SSSR count). The Labute approximate surface area is 181 Å². The van der Waals surface area contributed by atoms with Crippen LogP contribution in [0.5, 0.6) is 0 Å². The van der Waals surface area contributed by atoms with E-state index in [0.29, 0.717) is 6.07 Å². The van der Waals surface area contributed by atoms with Gasteiger partial charge in [0.15, 0.2) is 0 Å². The van der Waals surface area contributed by atoms with Gasteiger partial charge in [-0.05, 0) is 37.3 Å². The standard InChI is InChI=1S/C19H18ClF4N3O3S/c1-11-10-26(15-6-5-12(21)9-14(15)19(22,23)24)7-8-27(11)31(29,30)16-4-2-3-13(17(16)20)18(25)28/h2-6,9,11H,7-8,10H2,1H3,(H2,25,28)/t11-/m1/s1. The molecule has 0 saturated carbocycles. The van der Waals surface area contributed by atoms with Crippen LogP contribution in [-0.4, -0.2) is 44.3 Å². The van der Waals surface area contributed by atoms with Gasteiger partial charge < -0.3 is 10.6 Å². The number of nitrogens with two attached hydrogens (primary N) is 1. The van der Waals surface area contributed by atoms with Crippen molar-refractivity contribution in [2.45, 2.75) is 24.0 Å². The molecular formula is C19H18ClF4N3O3S. The van der Waals surface area contributed by atoms with Crippen molar-refractivity contribution in [2.24, 2.45) is 5.73 Å². The molecule has 2 aromatic rings. The van der Waals surface area contributed by atoms with Crippen molar-refractivity contribution in [1.29, 1.82) is 0 Å². The lowest BCUT2D eigenvalue weighted by Crippen LogP contribution is -2.54. The fourth-order valence-corrected chi connectivity index (χ4v) is 5.77. The third-order valence-corrected chi connectivity index (χ3v) is 7.56. The van der Waals surface area contributed by atoms with Crippen molar-refractivity contribution >= 4 is 33.2 Å². The lowest BCUT2D eigenvalue weighted by molar-refractivity contribution is -0.137. The Balaban J connectivity index is 1.91. The highest BCUT2D eigenvalue weighted by atomic mass is 35.5. The smallest absolute Gasteiger partial charge is 0.368 e. The van der Waals surface area contributed by atoms with Crippen LogP contribution in [0.3, 0.4) is 0 Å². The second-order valence-electron chi connectivity index (χ2n) is 7.05. The molecular weight excluding hydrogens is 462 g/mol. The van der Waals surface area contributed by atoms with Gasteiger partial charge in [0.1, 0.15) is 10.7 Å². The van der Waals surface area contributed by atoms with E-state index >= 15 is 0 Å². The van der Waals surface area contributed by atoms with Crippen LogP contribution in [0.2, 0.25) is 5.02 Å². The highest BCUT2D eigenvalue weighted by molar-refractivity contribution is 7.89. The fraction of sp³-hybridized carbons (Fsp3) is 0.316. The van der Waals surface area contributed by atoms with Gasteiger partial charge in [-0.3, -0.25) is 4.79 Å². The van der Waals surface area contributed by atoms with Gasteiger partial charge in [0.25, 0.3) is 0 Å². The second kappa shape index (κ2) is 8.29. The van der Waals surface area contributed by atoms with E-state index in [9.17, 15) is 30.8 Å². The van der Waals surface area contributed by atoms with Crippen LogP contribution in [0.4, 0.5) is 23.2 Å². The number of carbonyl (C=O) groups is 1. The number of anilines is 1. The van der Waals surface area contributed by atoms with E-state index < -0.39 is 39.5 Å². The molecule has 1 amide bonds. The number of sulfonamides is 1.